The van der Waals surface area contributed by atoms with Gasteiger partial charge in [0.05, 0.1) is 0 Å². The maximum absolute atomic E-state index is 10.9. The first-order valence-electron chi connectivity index (χ1n) is 3.25. The van der Waals surface area contributed by atoms with Crippen molar-refractivity contribution in [3.05, 3.63) is 12.3 Å². The minimum absolute atomic E-state index is 0.158. The van der Waals surface area contributed by atoms with Crippen molar-refractivity contribution in [3.63, 3.8) is 0 Å². The van der Waals surface area contributed by atoms with Gasteiger partial charge in [-0.2, -0.15) is 0 Å². The molecular weight excluding hydrogens is 178 g/mol. The molecule has 12 heavy (non-hydrogen) atoms. The third-order valence-corrected chi connectivity index (χ3v) is 2.08. The molecule has 5 nitrogen and oxygen atoms in total. The molecule has 0 radical (unpaired) electrons. The van der Waals surface area contributed by atoms with E-state index in [4.69, 9.17) is 0 Å². The molecule has 0 spiro atoms. The number of hydrogen-bond donors (Lipinski definition) is 1. The van der Waals surface area contributed by atoms with E-state index in [9.17, 15) is 8.42 Å². The summed E-state index contributed by atoms with van der Waals surface area (Å²) in [5, 5.41) is 2.57. The Morgan fingerprint density at radius 3 is 2.67 bits per heavy atom. The highest BCUT2D eigenvalue weighted by Crippen LogP contribution is 2.04. The molecule has 1 N–H and O–H groups in total. The second-order valence-electron chi connectivity index (χ2n) is 2.25. The van der Waals surface area contributed by atoms with E-state index in [1.807, 2.05) is 0 Å². The van der Waals surface area contributed by atoms with Crippen LogP contribution in [0.1, 0.15) is 0 Å². The van der Waals surface area contributed by atoms with Gasteiger partial charge >= 0.3 is 0 Å². The summed E-state index contributed by atoms with van der Waals surface area (Å²) in [6, 6.07) is 1.59. The van der Waals surface area contributed by atoms with Crippen LogP contribution in [-0.2, 0) is 9.84 Å². The molecule has 0 aliphatic heterocycles. The number of anilines is 1. The van der Waals surface area contributed by atoms with Crippen molar-refractivity contribution in [1.82, 2.24) is 9.97 Å². The maximum Gasteiger partial charge on any atom is 0.248 e. The number of sulfone groups is 1. The van der Waals surface area contributed by atoms with E-state index in [-0.39, 0.29) is 5.16 Å². The van der Waals surface area contributed by atoms with Crippen LogP contribution in [-0.4, -0.2) is 31.7 Å². The van der Waals surface area contributed by atoms with Crippen LogP contribution in [0.15, 0.2) is 17.4 Å². The van der Waals surface area contributed by atoms with Gasteiger partial charge in [-0.3, -0.25) is 0 Å². The molecule has 0 aromatic carbocycles. The van der Waals surface area contributed by atoms with Gasteiger partial charge in [0.25, 0.3) is 0 Å². The van der Waals surface area contributed by atoms with Gasteiger partial charge in [-0.05, 0) is 6.07 Å². The topological polar surface area (TPSA) is 72.0 Å². The summed E-state index contributed by atoms with van der Waals surface area (Å²) in [6.07, 6.45) is 2.47. The van der Waals surface area contributed by atoms with Gasteiger partial charge in [-0.25, -0.2) is 18.4 Å². The molecule has 0 saturated carbocycles. The highest BCUT2D eigenvalue weighted by molar-refractivity contribution is 7.90. The zero-order valence-corrected chi connectivity index (χ0v) is 7.59. The van der Waals surface area contributed by atoms with Crippen LogP contribution in [0.5, 0.6) is 0 Å². The molecule has 0 fully saturated rings. The van der Waals surface area contributed by atoms with Crippen LogP contribution in [0.4, 0.5) is 5.82 Å². The Labute approximate surface area is 70.8 Å². The van der Waals surface area contributed by atoms with Crippen LogP contribution >= 0.6 is 0 Å². The standard InChI is InChI=1S/C6H9N3O2S/c1-7-5-3-4-8-6(9-5)12(2,10)11/h3-4H,1-2H3,(H,7,8,9). The van der Waals surface area contributed by atoms with Gasteiger partial charge in [-0.1, -0.05) is 0 Å². The Morgan fingerprint density at radius 1 is 1.50 bits per heavy atom. The minimum atomic E-state index is -3.30. The van der Waals surface area contributed by atoms with Crippen LogP contribution < -0.4 is 5.32 Å². The molecule has 1 aromatic rings. The maximum atomic E-state index is 10.9. The van der Waals surface area contributed by atoms with Gasteiger partial charge in [-0.15, -0.1) is 0 Å². The minimum Gasteiger partial charge on any atom is -0.373 e. The highest BCUT2D eigenvalue weighted by atomic mass is 32.2. The van der Waals surface area contributed by atoms with Crippen LogP contribution in [0.3, 0.4) is 0 Å². The largest absolute Gasteiger partial charge is 0.373 e. The third-order valence-electron chi connectivity index (χ3n) is 1.22. The number of nitrogens with one attached hydrogen (secondary N) is 1. The lowest BCUT2D eigenvalue weighted by Crippen LogP contribution is -2.05. The van der Waals surface area contributed by atoms with Crippen LogP contribution in [0.25, 0.3) is 0 Å². The Morgan fingerprint density at radius 2 is 2.17 bits per heavy atom. The van der Waals surface area contributed by atoms with E-state index in [0.717, 1.165) is 6.26 Å². The van der Waals surface area contributed by atoms with Crippen LogP contribution in [0.2, 0.25) is 0 Å². The predicted molar refractivity (Wildman–Crippen MR) is 44.7 cm³/mol. The molecule has 0 bridgehead atoms. The first-order chi connectivity index (χ1) is 5.54. The van der Waals surface area contributed by atoms with E-state index in [1.165, 1.54) is 6.20 Å². The average Bonchev–Trinajstić information content (AvgIpc) is 2.03. The van der Waals surface area contributed by atoms with Gasteiger partial charge in [0.15, 0.2) is 0 Å². The summed E-state index contributed by atoms with van der Waals surface area (Å²) in [7, 11) is -1.64. The van der Waals surface area contributed by atoms with E-state index in [0.29, 0.717) is 5.82 Å². The number of rotatable bonds is 2. The smallest absolute Gasteiger partial charge is 0.248 e. The van der Waals surface area contributed by atoms with Crippen molar-refractivity contribution in [2.45, 2.75) is 5.16 Å². The number of nitrogens with zero attached hydrogens (tertiary/aromatic N) is 2. The summed E-state index contributed by atoms with van der Waals surface area (Å²) in [4.78, 5) is 7.37. The average molecular weight is 187 g/mol. The molecule has 0 unspecified atom stereocenters. The molecular formula is C6H9N3O2S. The fourth-order valence-corrected chi connectivity index (χ4v) is 1.18. The van der Waals surface area contributed by atoms with Gasteiger partial charge < -0.3 is 5.32 Å². The first-order valence-corrected chi connectivity index (χ1v) is 5.14. The normalized spacial score (nSPS) is 11.2. The van der Waals surface area contributed by atoms with E-state index < -0.39 is 9.84 Å². The summed E-state index contributed by atoms with van der Waals surface area (Å²) in [6.45, 7) is 0. The monoisotopic (exact) mass is 187 g/mol. The van der Waals surface area contributed by atoms with Crippen LogP contribution in [0, 0.1) is 0 Å². The van der Waals surface area contributed by atoms with Crippen molar-refractivity contribution >= 4 is 15.7 Å². The lowest BCUT2D eigenvalue weighted by atomic mass is 10.6. The van der Waals surface area contributed by atoms with Gasteiger partial charge in [0.1, 0.15) is 5.82 Å². The molecule has 1 rings (SSSR count). The molecule has 6 heteroatoms. The van der Waals surface area contributed by atoms with Crippen molar-refractivity contribution in [2.24, 2.45) is 0 Å². The molecule has 0 atom stereocenters. The lowest BCUT2D eigenvalue weighted by Gasteiger charge is -1.99. The van der Waals surface area contributed by atoms with E-state index >= 15 is 0 Å². The van der Waals surface area contributed by atoms with Gasteiger partial charge in [0, 0.05) is 19.5 Å². The fourth-order valence-electron chi connectivity index (χ4n) is 0.659. The third kappa shape index (κ3) is 1.91. The zero-order chi connectivity index (χ0) is 9.19. The molecule has 66 valence electrons. The zero-order valence-electron chi connectivity index (χ0n) is 6.77. The summed E-state index contributed by atoms with van der Waals surface area (Å²) < 4.78 is 21.9. The molecule has 1 heterocycles. The van der Waals surface area contributed by atoms with Crippen molar-refractivity contribution in [1.29, 1.82) is 0 Å². The van der Waals surface area contributed by atoms with Crippen molar-refractivity contribution < 1.29 is 8.42 Å². The SMILES string of the molecule is CNc1ccnc(S(C)(=O)=O)n1. The summed E-state index contributed by atoms with van der Waals surface area (Å²) in [5.41, 5.74) is 0. The Balaban J connectivity index is 3.20. The van der Waals surface area contributed by atoms with Crippen molar-refractivity contribution in [2.75, 3.05) is 18.6 Å². The lowest BCUT2D eigenvalue weighted by molar-refractivity contribution is 0.593. The quantitative estimate of drug-likeness (QED) is 0.656. The van der Waals surface area contributed by atoms with Gasteiger partial charge in [0.2, 0.25) is 15.0 Å². The van der Waals surface area contributed by atoms with Crippen molar-refractivity contribution in [3.8, 4) is 0 Å². The first kappa shape index (κ1) is 8.92. The Bertz CT molecular complexity index is 374. The number of hydrogen-bond acceptors (Lipinski definition) is 5. The molecule has 0 amide bonds. The molecule has 0 aliphatic carbocycles. The molecule has 0 aliphatic rings. The summed E-state index contributed by atoms with van der Waals surface area (Å²) >= 11 is 0. The Hall–Kier alpha value is -1.17. The fraction of sp³-hybridized carbons (Fsp3) is 0.333. The molecule has 1 aromatic heterocycles. The number of aromatic nitrogens is 2. The highest BCUT2D eigenvalue weighted by Gasteiger charge is 2.10. The molecule has 0 saturated heterocycles. The second kappa shape index (κ2) is 3.06. The van der Waals surface area contributed by atoms with E-state index in [2.05, 4.69) is 15.3 Å². The second-order valence-corrected chi connectivity index (χ2v) is 4.16. The van der Waals surface area contributed by atoms with E-state index in [1.54, 1.807) is 13.1 Å². The Kier molecular flexibility index (Phi) is 2.27. The summed E-state index contributed by atoms with van der Waals surface area (Å²) in [5.74, 6) is 0.491. The predicted octanol–water partition coefficient (Wildman–Crippen LogP) is -0.0782.